The van der Waals surface area contributed by atoms with Gasteiger partial charge >= 0.3 is 0 Å². The second-order valence-electron chi connectivity index (χ2n) is 4.55. The molecule has 0 aliphatic heterocycles. The molecule has 1 saturated carbocycles. The van der Waals surface area contributed by atoms with E-state index in [4.69, 9.17) is 0 Å². The third kappa shape index (κ3) is 2.32. The lowest BCUT2D eigenvalue weighted by atomic mass is 10.4. The first-order valence-corrected chi connectivity index (χ1v) is 7.80. The highest BCUT2D eigenvalue weighted by atomic mass is 32.2. The molecule has 1 aromatic rings. The van der Waals surface area contributed by atoms with Crippen molar-refractivity contribution in [2.75, 3.05) is 6.54 Å². The molecule has 2 rings (SSSR count). The molecule has 1 heterocycles. The van der Waals surface area contributed by atoms with Crippen molar-refractivity contribution in [1.29, 1.82) is 0 Å². The highest BCUT2D eigenvalue weighted by Crippen LogP contribution is 2.32. The van der Waals surface area contributed by atoms with Crippen LogP contribution in [0.5, 0.6) is 0 Å². The Kier molecular flexibility index (Phi) is 3.79. The Bertz CT molecular complexity index is 496. The van der Waals surface area contributed by atoms with Crippen molar-refractivity contribution in [1.82, 2.24) is 8.87 Å². The molecule has 0 saturated heterocycles. The molecular weight excluding hydrogens is 252 g/mol. The lowest BCUT2D eigenvalue weighted by molar-refractivity contribution is 0.271. The maximum atomic E-state index is 12.5. The topological polar surface area (TPSA) is 62.5 Å². The monoisotopic (exact) mass is 272 g/mol. The number of aryl methyl sites for hydroxylation is 1. The standard InChI is InChI=1S/C12H20N2O3S/c1-3-13-8-12(7-11(13)9-15)18(16,17)14(4-2)10-5-6-10/h7-8,10,15H,3-6,9H2,1-2H3. The Balaban J connectivity index is 2.36. The number of sulfonamides is 1. The number of aliphatic hydroxyl groups excluding tert-OH is 1. The van der Waals surface area contributed by atoms with Crippen LogP contribution in [0, 0.1) is 0 Å². The second kappa shape index (κ2) is 5.03. The molecule has 0 unspecified atom stereocenters. The smallest absolute Gasteiger partial charge is 0.244 e. The van der Waals surface area contributed by atoms with Gasteiger partial charge in [-0.2, -0.15) is 4.31 Å². The number of aliphatic hydroxyl groups is 1. The minimum atomic E-state index is -3.41. The molecule has 0 atom stereocenters. The maximum absolute atomic E-state index is 12.5. The molecule has 1 aliphatic rings. The van der Waals surface area contributed by atoms with Gasteiger partial charge < -0.3 is 9.67 Å². The van der Waals surface area contributed by atoms with Gasteiger partial charge in [0.05, 0.1) is 6.61 Å². The van der Waals surface area contributed by atoms with Crippen LogP contribution in [-0.2, 0) is 23.2 Å². The Morgan fingerprint density at radius 2 is 2.11 bits per heavy atom. The van der Waals surface area contributed by atoms with Crippen molar-refractivity contribution < 1.29 is 13.5 Å². The first kappa shape index (κ1) is 13.6. The van der Waals surface area contributed by atoms with Gasteiger partial charge in [-0.25, -0.2) is 8.42 Å². The fourth-order valence-electron chi connectivity index (χ4n) is 2.22. The SMILES string of the molecule is CCN(C1CC1)S(=O)(=O)c1cc(CO)n(CC)c1. The van der Waals surface area contributed by atoms with E-state index in [-0.39, 0.29) is 12.6 Å². The van der Waals surface area contributed by atoms with Crippen molar-refractivity contribution in [3.8, 4) is 0 Å². The molecule has 0 amide bonds. The van der Waals surface area contributed by atoms with Gasteiger partial charge in [0, 0.05) is 31.0 Å². The van der Waals surface area contributed by atoms with E-state index in [2.05, 4.69) is 0 Å². The van der Waals surface area contributed by atoms with Crippen LogP contribution in [0.1, 0.15) is 32.4 Å². The first-order valence-electron chi connectivity index (χ1n) is 6.36. The quantitative estimate of drug-likeness (QED) is 0.845. The van der Waals surface area contributed by atoms with Crippen molar-refractivity contribution in [2.45, 2.75) is 50.8 Å². The van der Waals surface area contributed by atoms with E-state index in [9.17, 15) is 13.5 Å². The number of hydrogen-bond acceptors (Lipinski definition) is 3. The second-order valence-corrected chi connectivity index (χ2v) is 6.44. The summed E-state index contributed by atoms with van der Waals surface area (Å²) < 4.78 is 28.3. The lowest BCUT2D eigenvalue weighted by Crippen LogP contribution is -2.32. The average Bonchev–Trinajstić information content (AvgIpc) is 3.07. The van der Waals surface area contributed by atoms with E-state index in [1.807, 2.05) is 13.8 Å². The normalized spacial score (nSPS) is 16.4. The number of rotatable bonds is 6. The zero-order valence-corrected chi connectivity index (χ0v) is 11.7. The summed E-state index contributed by atoms with van der Waals surface area (Å²) in [6, 6.07) is 1.74. The third-order valence-electron chi connectivity index (χ3n) is 3.34. The first-order chi connectivity index (χ1) is 8.54. The lowest BCUT2D eigenvalue weighted by Gasteiger charge is -2.18. The molecule has 102 valence electrons. The minimum Gasteiger partial charge on any atom is -0.390 e. The molecular formula is C12H20N2O3S. The largest absolute Gasteiger partial charge is 0.390 e. The molecule has 6 heteroatoms. The molecule has 18 heavy (non-hydrogen) atoms. The van der Waals surface area contributed by atoms with Gasteiger partial charge in [-0.1, -0.05) is 6.92 Å². The van der Waals surface area contributed by atoms with E-state index in [1.54, 1.807) is 21.1 Å². The van der Waals surface area contributed by atoms with Crippen molar-refractivity contribution >= 4 is 10.0 Å². The molecule has 0 radical (unpaired) electrons. The molecule has 1 aromatic heterocycles. The molecule has 0 bridgehead atoms. The highest BCUT2D eigenvalue weighted by molar-refractivity contribution is 7.89. The summed E-state index contributed by atoms with van der Waals surface area (Å²) in [5, 5.41) is 9.22. The fourth-order valence-corrected chi connectivity index (χ4v) is 3.97. The maximum Gasteiger partial charge on any atom is 0.244 e. The van der Waals surface area contributed by atoms with Crippen LogP contribution < -0.4 is 0 Å². The summed E-state index contributed by atoms with van der Waals surface area (Å²) >= 11 is 0. The fraction of sp³-hybridized carbons (Fsp3) is 0.667. The van der Waals surface area contributed by atoms with Crippen LogP contribution in [0.2, 0.25) is 0 Å². The zero-order valence-electron chi connectivity index (χ0n) is 10.8. The minimum absolute atomic E-state index is 0.140. The molecule has 0 spiro atoms. The van der Waals surface area contributed by atoms with Gasteiger partial charge in [0.2, 0.25) is 10.0 Å². The number of aromatic nitrogens is 1. The van der Waals surface area contributed by atoms with Crippen LogP contribution in [0.3, 0.4) is 0 Å². The Labute approximate surface area is 108 Å². The number of nitrogens with zero attached hydrogens (tertiary/aromatic N) is 2. The van der Waals surface area contributed by atoms with E-state index < -0.39 is 10.0 Å². The molecule has 1 N–H and O–H groups in total. The summed E-state index contributed by atoms with van der Waals surface area (Å²) in [5.74, 6) is 0. The Morgan fingerprint density at radius 3 is 2.50 bits per heavy atom. The molecule has 5 nitrogen and oxygen atoms in total. The van der Waals surface area contributed by atoms with Gasteiger partial charge in [-0.3, -0.25) is 0 Å². The molecule has 1 aliphatic carbocycles. The summed E-state index contributed by atoms with van der Waals surface area (Å²) in [5.41, 5.74) is 0.642. The average molecular weight is 272 g/mol. The van der Waals surface area contributed by atoms with Gasteiger partial charge in [0.1, 0.15) is 4.90 Å². The summed E-state index contributed by atoms with van der Waals surface area (Å²) in [6.07, 6.45) is 3.52. The van der Waals surface area contributed by atoms with E-state index >= 15 is 0 Å². The van der Waals surface area contributed by atoms with E-state index in [1.165, 1.54) is 0 Å². The van der Waals surface area contributed by atoms with Crippen LogP contribution in [0.4, 0.5) is 0 Å². The summed E-state index contributed by atoms with van der Waals surface area (Å²) in [7, 11) is -3.41. The van der Waals surface area contributed by atoms with Gasteiger partial charge in [0.25, 0.3) is 0 Å². The van der Waals surface area contributed by atoms with E-state index in [0.717, 1.165) is 12.8 Å². The van der Waals surface area contributed by atoms with Gasteiger partial charge in [-0.15, -0.1) is 0 Å². The summed E-state index contributed by atoms with van der Waals surface area (Å²) in [4.78, 5) is 0.294. The highest BCUT2D eigenvalue weighted by Gasteiger charge is 2.37. The summed E-state index contributed by atoms with van der Waals surface area (Å²) in [6.45, 7) is 4.80. The van der Waals surface area contributed by atoms with E-state index in [0.29, 0.717) is 23.7 Å². The van der Waals surface area contributed by atoms with Crippen molar-refractivity contribution in [2.24, 2.45) is 0 Å². The van der Waals surface area contributed by atoms with Crippen LogP contribution in [0.25, 0.3) is 0 Å². The van der Waals surface area contributed by atoms with Crippen molar-refractivity contribution in [3.63, 3.8) is 0 Å². The Hall–Kier alpha value is -0.850. The van der Waals surface area contributed by atoms with Crippen LogP contribution >= 0.6 is 0 Å². The zero-order chi connectivity index (χ0) is 13.3. The van der Waals surface area contributed by atoms with Crippen molar-refractivity contribution in [3.05, 3.63) is 18.0 Å². The van der Waals surface area contributed by atoms with Crippen LogP contribution in [0.15, 0.2) is 17.2 Å². The number of hydrogen-bond donors (Lipinski definition) is 1. The third-order valence-corrected chi connectivity index (χ3v) is 5.33. The molecule has 0 aromatic carbocycles. The molecule has 1 fully saturated rings. The predicted octanol–water partition coefficient (Wildman–Crippen LogP) is 1.17. The van der Waals surface area contributed by atoms with Gasteiger partial charge in [0.15, 0.2) is 0 Å². The van der Waals surface area contributed by atoms with Crippen LogP contribution in [-0.4, -0.2) is 35.0 Å². The predicted molar refractivity (Wildman–Crippen MR) is 68.6 cm³/mol. The van der Waals surface area contributed by atoms with Gasteiger partial charge in [-0.05, 0) is 25.8 Å². The Morgan fingerprint density at radius 1 is 1.44 bits per heavy atom.